The van der Waals surface area contributed by atoms with E-state index in [2.05, 4.69) is 9.72 Å². The molecular formula is C8H7ClF3NO. The zero-order chi connectivity index (χ0) is 10.9. The molecule has 0 atom stereocenters. The largest absolute Gasteiger partial charge is 0.574 e. The van der Waals surface area contributed by atoms with Crippen molar-refractivity contribution in [3.63, 3.8) is 0 Å². The van der Waals surface area contributed by atoms with Crippen molar-refractivity contribution in [1.29, 1.82) is 0 Å². The molecule has 1 aromatic rings. The van der Waals surface area contributed by atoms with Gasteiger partial charge in [0, 0.05) is 5.69 Å². The van der Waals surface area contributed by atoms with Gasteiger partial charge in [0.1, 0.15) is 5.02 Å². The lowest BCUT2D eigenvalue weighted by Crippen LogP contribution is -2.18. The predicted molar refractivity (Wildman–Crippen MR) is 45.4 cm³/mol. The first-order chi connectivity index (χ1) is 6.29. The third-order valence-electron chi connectivity index (χ3n) is 1.45. The third kappa shape index (κ3) is 2.77. The lowest BCUT2D eigenvalue weighted by atomic mass is 10.2. The SMILES string of the molecule is Cc1cc(C)c(Cl)c(OC(F)(F)F)n1. The number of hydrogen-bond acceptors (Lipinski definition) is 2. The molecule has 6 heteroatoms. The second-order valence-electron chi connectivity index (χ2n) is 2.75. The summed E-state index contributed by atoms with van der Waals surface area (Å²) in [6.45, 7) is 3.15. The maximum Gasteiger partial charge on any atom is 0.574 e. The van der Waals surface area contributed by atoms with E-state index < -0.39 is 12.2 Å². The Kier molecular flexibility index (Phi) is 2.89. The van der Waals surface area contributed by atoms with E-state index in [9.17, 15) is 13.2 Å². The molecule has 78 valence electrons. The number of halogens is 4. The van der Waals surface area contributed by atoms with Crippen LogP contribution in [-0.2, 0) is 0 Å². The fraction of sp³-hybridized carbons (Fsp3) is 0.375. The van der Waals surface area contributed by atoms with Gasteiger partial charge in [-0.05, 0) is 25.5 Å². The molecule has 0 unspecified atom stereocenters. The maximum atomic E-state index is 11.9. The Balaban J connectivity index is 3.09. The average molecular weight is 226 g/mol. The van der Waals surface area contributed by atoms with Gasteiger partial charge in [0.15, 0.2) is 0 Å². The van der Waals surface area contributed by atoms with Crippen molar-refractivity contribution in [2.24, 2.45) is 0 Å². The number of rotatable bonds is 1. The fourth-order valence-corrected chi connectivity index (χ4v) is 1.10. The molecule has 0 fully saturated rings. The Bertz CT molecular complexity index is 351. The summed E-state index contributed by atoms with van der Waals surface area (Å²) in [6.07, 6.45) is -4.77. The van der Waals surface area contributed by atoms with Gasteiger partial charge in [-0.25, -0.2) is 4.98 Å². The molecule has 2 nitrogen and oxygen atoms in total. The van der Waals surface area contributed by atoms with Crippen LogP contribution < -0.4 is 4.74 Å². The van der Waals surface area contributed by atoms with E-state index in [4.69, 9.17) is 11.6 Å². The molecule has 0 aliphatic rings. The van der Waals surface area contributed by atoms with E-state index in [1.54, 1.807) is 19.9 Å². The zero-order valence-electron chi connectivity index (χ0n) is 7.44. The first-order valence-electron chi connectivity index (χ1n) is 3.69. The van der Waals surface area contributed by atoms with Gasteiger partial charge in [-0.15, -0.1) is 13.2 Å². The molecule has 1 heterocycles. The van der Waals surface area contributed by atoms with Crippen molar-refractivity contribution in [2.75, 3.05) is 0 Å². The van der Waals surface area contributed by atoms with Crippen LogP contribution in [0.15, 0.2) is 6.07 Å². The van der Waals surface area contributed by atoms with Crippen molar-refractivity contribution in [3.05, 3.63) is 22.3 Å². The van der Waals surface area contributed by atoms with Crippen LogP contribution in [-0.4, -0.2) is 11.3 Å². The smallest absolute Gasteiger partial charge is 0.386 e. The van der Waals surface area contributed by atoms with Crippen molar-refractivity contribution in [3.8, 4) is 5.88 Å². The summed E-state index contributed by atoms with van der Waals surface area (Å²) in [6, 6.07) is 1.57. The first kappa shape index (κ1) is 11.1. The van der Waals surface area contributed by atoms with E-state index >= 15 is 0 Å². The van der Waals surface area contributed by atoms with Gasteiger partial charge in [-0.2, -0.15) is 0 Å². The van der Waals surface area contributed by atoms with E-state index in [0.717, 1.165) is 0 Å². The van der Waals surface area contributed by atoms with Crippen LogP contribution in [0.4, 0.5) is 13.2 Å². The molecule has 0 spiro atoms. The summed E-state index contributed by atoms with van der Waals surface area (Å²) in [7, 11) is 0. The van der Waals surface area contributed by atoms with Crippen molar-refractivity contribution >= 4 is 11.6 Å². The standard InChI is InChI=1S/C8H7ClF3NO/c1-4-3-5(2)13-7(6(4)9)14-8(10,11)12/h3H,1-2H3. The number of aromatic nitrogens is 1. The van der Waals surface area contributed by atoms with Gasteiger partial charge < -0.3 is 4.74 Å². The van der Waals surface area contributed by atoms with Gasteiger partial charge >= 0.3 is 6.36 Å². The molecule has 0 radical (unpaired) electrons. The first-order valence-corrected chi connectivity index (χ1v) is 4.07. The van der Waals surface area contributed by atoms with Gasteiger partial charge in [0.2, 0.25) is 5.88 Å². The molecule has 0 saturated heterocycles. The minimum Gasteiger partial charge on any atom is -0.386 e. The number of pyridine rings is 1. The predicted octanol–water partition coefficient (Wildman–Crippen LogP) is 3.25. The molecule has 0 saturated carbocycles. The van der Waals surface area contributed by atoms with Gasteiger partial charge in [-0.3, -0.25) is 0 Å². The number of nitrogens with zero attached hydrogens (tertiary/aromatic N) is 1. The second-order valence-corrected chi connectivity index (χ2v) is 3.13. The minimum atomic E-state index is -4.77. The van der Waals surface area contributed by atoms with Crippen LogP contribution in [0, 0.1) is 13.8 Å². The van der Waals surface area contributed by atoms with Gasteiger partial charge in [-0.1, -0.05) is 11.6 Å². The highest BCUT2D eigenvalue weighted by molar-refractivity contribution is 6.32. The zero-order valence-corrected chi connectivity index (χ0v) is 8.20. The summed E-state index contributed by atoms with van der Waals surface area (Å²) in [5, 5.41) is -0.118. The van der Waals surface area contributed by atoms with E-state index in [0.29, 0.717) is 11.3 Å². The molecule has 0 aromatic carbocycles. The summed E-state index contributed by atoms with van der Waals surface area (Å²) in [4.78, 5) is 3.54. The molecule has 0 N–H and O–H groups in total. The fourth-order valence-electron chi connectivity index (χ4n) is 0.964. The van der Waals surface area contributed by atoms with Crippen LogP contribution in [0.3, 0.4) is 0 Å². The Labute approximate surface area is 83.7 Å². The summed E-state index contributed by atoms with van der Waals surface area (Å²) in [5.41, 5.74) is 0.921. The lowest BCUT2D eigenvalue weighted by molar-refractivity contribution is -0.276. The number of ether oxygens (including phenoxy) is 1. The van der Waals surface area contributed by atoms with Gasteiger partial charge in [0.25, 0.3) is 0 Å². The summed E-state index contributed by atoms with van der Waals surface area (Å²) >= 11 is 5.58. The average Bonchev–Trinajstić information content (AvgIpc) is 1.96. The Morgan fingerprint density at radius 3 is 2.43 bits per heavy atom. The normalized spacial score (nSPS) is 11.6. The summed E-state index contributed by atoms with van der Waals surface area (Å²) in [5.74, 6) is -0.600. The molecule has 0 aliphatic carbocycles. The third-order valence-corrected chi connectivity index (χ3v) is 1.91. The second kappa shape index (κ2) is 3.65. The lowest BCUT2D eigenvalue weighted by Gasteiger charge is -2.11. The van der Waals surface area contributed by atoms with E-state index in [1.807, 2.05) is 0 Å². The molecule has 14 heavy (non-hydrogen) atoms. The van der Waals surface area contributed by atoms with E-state index in [-0.39, 0.29) is 5.02 Å². The minimum absolute atomic E-state index is 0.118. The van der Waals surface area contributed by atoms with Crippen molar-refractivity contribution in [1.82, 2.24) is 4.98 Å². The molecule has 0 amide bonds. The maximum absolute atomic E-state index is 11.9. The van der Waals surface area contributed by atoms with Crippen LogP contribution in [0.25, 0.3) is 0 Å². The highest BCUT2D eigenvalue weighted by atomic mass is 35.5. The molecule has 0 bridgehead atoms. The quantitative estimate of drug-likeness (QED) is 0.732. The van der Waals surface area contributed by atoms with Crippen molar-refractivity contribution < 1.29 is 17.9 Å². The molecule has 1 aromatic heterocycles. The monoisotopic (exact) mass is 225 g/mol. The topological polar surface area (TPSA) is 22.1 Å². The Hall–Kier alpha value is -0.970. The van der Waals surface area contributed by atoms with Crippen LogP contribution in [0.1, 0.15) is 11.3 Å². The highest BCUT2D eigenvalue weighted by Gasteiger charge is 2.33. The Morgan fingerprint density at radius 1 is 1.36 bits per heavy atom. The molecular weight excluding hydrogens is 219 g/mol. The number of alkyl halides is 3. The van der Waals surface area contributed by atoms with Crippen molar-refractivity contribution in [2.45, 2.75) is 20.2 Å². The van der Waals surface area contributed by atoms with Crippen LogP contribution in [0.5, 0.6) is 5.88 Å². The molecule has 1 rings (SSSR count). The number of aryl methyl sites for hydroxylation is 2. The van der Waals surface area contributed by atoms with Gasteiger partial charge in [0.05, 0.1) is 0 Å². The van der Waals surface area contributed by atoms with Crippen LogP contribution in [0.2, 0.25) is 5.02 Å². The van der Waals surface area contributed by atoms with Crippen LogP contribution >= 0.6 is 11.6 Å². The van der Waals surface area contributed by atoms with E-state index in [1.165, 1.54) is 0 Å². The highest BCUT2D eigenvalue weighted by Crippen LogP contribution is 2.30. The molecule has 0 aliphatic heterocycles. The summed E-state index contributed by atoms with van der Waals surface area (Å²) < 4.78 is 39.2. The number of hydrogen-bond donors (Lipinski definition) is 0. The Morgan fingerprint density at radius 2 is 1.93 bits per heavy atom.